The number of nitrogens with zero attached hydrogens (tertiary/aromatic N) is 6. The Bertz CT molecular complexity index is 7050. The van der Waals surface area contributed by atoms with Crippen molar-refractivity contribution in [3.63, 3.8) is 0 Å². The van der Waals surface area contributed by atoms with E-state index in [9.17, 15) is 0 Å². The van der Waals surface area contributed by atoms with Gasteiger partial charge in [-0.15, -0.1) is 0 Å². The summed E-state index contributed by atoms with van der Waals surface area (Å²) in [5.74, 6) is 0. The van der Waals surface area contributed by atoms with Crippen LogP contribution in [0, 0.1) is 0 Å². The Kier molecular flexibility index (Phi) is 13.1. The molecule has 0 spiro atoms. The van der Waals surface area contributed by atoms with Crippen molar-refractivity contribution in [2.24, 2.45) is 0 Å². The molecule has 0 amide bonds. The maximum atomic E-state index is 4.52. The van der Waals surface area contributed by atoms with Gasteiger partial charge in [-0.25, -0.2) is 0 Å². The van der Waals surface area contributed by atoms with E-state index in [1.54, 1.807) is 0 Å². The van der Waals surface area contributed by atoms with E-state index in [2.05, 4.69) is 380 Å². The highest BCUT2D eigenvalue weighted by Crippen LogP contribution is 2.52. The van der Waals surface area contributed by atoms with Gasteiger partial charge in [0.2, 0.25) is 0 Å². The minimum Gasteiger partial charge on any atom is -0.309 e. The lowest BCUT2D eigenvalue weighted by atomic mass is 9.94. The minimum atomic E-state index is 1.11. The van der Waals surface area contributed by atoms with Crippen molar-refractivity contribution in [3.8, 4) is 112 Å². The Labute approximate surface area is 621 Å². The number of rotatable bonds is 8. The van der Waals surface area contributed by atoms with E-state index in [-0.39, 0.29) is 0 Å². The third kappa shape index (κ3) is 8.95. The zero-order valence-corrected chi connectivity index (χ0v) is 58.5. The molecule has 0 saturated carbocycles. The molecule has 16 aromatic carbocycles. The predicted molar refractivity (Wildman–Crippen MR) is 451 cm³/mol. The van der Waals surface area contributed by atoms with Gasteiger partial charge in [0.25, 0.3) is 0 Å². The molecule has 500 valence electrons. The average Bonchev–Trinajstić information content (AvgIpc) is 1.57. The van der Waals surface area contributed by atoms with Crippen LogP contribution in [0.25, 0.3) is 221 Å². The summed E-state index contributed by atoms with van der Waals surface area (Å²) >= 11 is 0. The summed E-state index contributed by atoms with van der Waals surface area (Å²) in [5, 5.41) is 15.0. The van der Waals surface area contributed by atoms with Gasteiger partial charge in [0.1, 0.15) is 0 Å². The first-order valence-electron chi connectivity index (χ1n) is 37.1. The SMILES string of the molecule is c1ccc(-n2c3ccc(-c4ccc5c(c4)c4ccccc4n5-c4cccc(-c5ccc6c7c(cccc57)-c5ccccc5-6)c4)cc3c3ccncc32)cc1.c1ccc(-n2c3ccncc3c3cc(-c4ccc5c(c4)c4ccccc4n5-c4cccc(-c5ccc6c7c(cccc57)-c5ccccc5-6)c4)ccc32)cc1. The lowest BCUT2D eigenvalue weighted by Gasteiger charge is -2.13. The molecule has 24 rings (SSSR count). The van der Waals surface area contributed by atoms with Gasteiger partial charge in [0, 0.05) is 84.4 Å². The Morgan fingerprint density at radius 3 is 0.944 bits per heavy atom. The van der Waals surface area contributed by atoms with Gasteiger partial charge in [-0.05, 0) is 232 Å². The topological polar surface area (TPSA) is 45.5 Å². The Morgan fingerprint density at radius 1 is 0.157 bits per heavy atom. The third-order valence-corrected chi connectivity index (χ3v) is 23.1. The molecule has 0 unspecified atom stereocenters. The van der Waals surface area contributed by atoms with Crippen LogP contribution in [0.3, 0.4) is 0 Å². The van der Waals surface area contributed by atoms with Crippen molar-refractivity contribution >= 4 is 109 Å². The minimum absolute atomic E-state index is 1.11. The number of hydrogen-bond acceptors (Lipinski definition) is 2. The lowest BCUT2D eigenvalue weighted by molar-refractivity contribution is 1.17. The monoisotopic (exact) mass is 1370 g/mol. The molecule has 6 heterocycles. The Hall–Kier alpha value is -14.5. The second kappa shape index (κ2) is 23.5. The van der Waals surface area contributed by atoms with Gasteiger partial charge in [-0.2, -0.15) is 0 Å². The molecule has 108 heavy (non-hydrogen) atoms. The van der Waals surface area contributed by atoms with Crippen LogP contribution in [0.5, 0.6) is 0 Å². The van der Waals surface area contributed by atoms with Crippen LogP contribution in [-0.4, -0.2) is 28.2 Å². The third-order valence-electron chi connectivity index (χ3n) is 23.1. The van der Waals surface area contributed by atoms with Gasteiger partial charge >= 0.3 is 0 Å². The van der Waals surface area contributed by atoms with Crippen LogP contribution < -0.4 is 0 Å². The summed E-state index contributed by atoms with van der Waals surface area (Å²) in [6, 6.07) is 129. The quantitative estimate of drug-likeness (QED) is 0.152. The summed E-state index contributed by atoms with van der Waals surface area (Å²) in [4.78, 5) is 9.02. The van der Waals surface area contributed by atoms with Crippen molar-refractivity contribution in [2.45, 2.75) is 0 Å². The molecule has 6 aromatic heterocycles. The molecule has 2 aliphatic carbocycles. The smallest absolute Gasteiger partial charge is 0.0724 e. The highest BCUT2D eigenvalue weighted by atomic mass is 15.0. The number of fused-ring (bicyclic) bond motifs is 18. The Morgan fingerprint density at radius 2 is 0.472 bits per heavy atom. The van der Waals surface area contributed by atoms with Gasteiger partial charge in [-0.3, -0.25) is 9.97 Å². The fraction of sp³-hybridized carbons (Fsp3) is 0. The molecular weight excluding hydrogens is 1310 g/mol. The summed E-state index contributed by atoms with van der Waals surface area (Å²) in [6.07, 6.45) is 7.74. The molecular formula is C102H62N6. The van der Waals surface area contributed by atoms with E-state index in [4.69, 9.17) is 0 Å². The molecule has 0 saturated heterocycles. The largest absolute Gasteiger partial charge is 0.309 e. The standard InChI is InChI=1S/2C51H31N3/c1-2-11-35(12-3-1)53-48-24-20-33(30-46(48)41-26-27-52-31-50(41)53)32-21-25-49-45(29-32)40-16-6-7-19-47(40)54(49)36-13-8-10-34(28-36)37-22-23-44-39-15-5-4-14-38(39)43-18-9-17-42(37)51(43)44;1-2-11-35(12-3-1)53-49-25-21-33(30-45(49)46-31-52-27-26-50(46)53)32-20-24-48-44(29-32)40-16-6-7-19-47(40)54(48)36-13-8-10-34(28-36)37-22-23-43-39-15-5-4-14-38(39)42-18-9-17-41(37)51(42)43/h2*1-31H. The van der Waals surface area contributed by atoms with Crippen LogP contribution in [-0.2, 0) is 0 Å². The summed E-state index contributed by atoms with van der Waals surface area (Å²) in [6.45, 7) is 0. The van der Waals surface area contributed by atoms with Crippen LogP contribution >= 0.6 is 0 Å². The molecule has 0 N–H and O–H groups in total. The second-order valence-electron chi connectivity index (χ2n) is 28.7. The second-order valence-corrected chi connectivity index (χ2v) is 28.7. The highest BCUT2D eigenvalue weighted by Gasteiger charge is 2.26. The fourth-order valence-corrected chi connectivity index (χ4v) is 18.4. The molecule has 6 heteroatoms. The van der Waals surface area contributed by atoms with Crippen molar-refractivity contribution in [2.75, 3.05) is 0 Å². The van der Waals surface area contributed by atoms with Gasteiger partial charge in [-0.1, -0.05) is 231 Å². The van der Waals surface area contributed by atoms with Gasteiger partial charge in [0.05, 0.1) is 50.3 Å². The maximum absolute atomic E-state index is 4.52. The number of pyridine rings is 2. The molecule has 0 aliphatic heterocycles. The highest BCUT2D eigenvalue weighted by molar-refractivity contribution is 6.21. The molecule has 0 bridgehead atoms. The van der Waals surface area contributed by atoms with Crippen LogP contribution in [0.2, 0.25) is 0 Å². The molecule has 0 atom stereocenters. The Balaban J connectivity index is 0.000000130. The number of benzene rings is 16. The number of hydrogen-bond donors (Lipinski definition) is 0. The fourth-order valence-electron chi connectivity index (χ4n) is 18.4. The maximum Gasteiger partial charge on any atom is 0.0724 e. The predicted octanol–water partition coefficient (Wildman–Crippen LogP) is 26.8. The number of para-hydroxylation sites is 4. The normalized spacial score (nSPS) is 12.1. The molecule has 2 aliphatic rings. The van der Waals surface area contributed by atoms with Gasteiger partial charge < -0.3 is 18.3 Å². The first-order valence-corrected chi connectivity index (χ1v) is 37.1. The van der Waals surface area contributed by atoms with Crippen molar-refractivity contribution in [1.29, 1.82) is 0 Å². The molecule has 0 fully saturated rings. The first-order chi connectivity index (χ1) is 53.6. The summed E-state index contributed by atoms with van der Waals surface area (Å²) < 4.78 is 9.51. The molecule has 6 nitrogen and oxygen atoms in total. The van der Waals surface area contributed by atoms with Crippen LogP contribution in [0.15, 0.2) is 377 Å². The van der Waals surface area contributed by atoms with Crippen molar-refractivity contribution in [3.05, 3.63) is 377 Å². The van der Waals surface area contributed by atoms with Crippen LogP contribution in [0.1, 0.15) is 0 Å². The average molecular weight is 1370 g/mol. The zero-order valence-electron chi connectivity index (χ0n) is 58.5. The van der Waals surface area contributed by atoms with Crippen LogP contribution in [0.4, 0.5) is 0 Å². The van der Waals surface area contributed by atoms with Gasteiger partial charge in [0.15, 0.2) is 0 Å². The first kappa shape index (κ1) is 60.0. The van der Waals surface area contributed by atoms with E-state index in [1.165, 1.54) is 181 Å². The van der Waals surface area contributed by atoms with E-state index in [0.29, 0.717) is 0 Å². The zero-order chi connectivity index (χ0) is 70.7. The van der Waals surface area contributed by atoms with Crippen molar-refractivity contribution < 1.29 is 0 Å². The lowest BCUT2D eigenvalue weighted by Crippen LogP contribution is -1.94. The summed E-state index contributed by atoms with van der Waals surface area (Å²) in [5.41, 5.74) is 34.3. The van der Waals surface area contributed by atoms with E-state index in [1.807, 2.05) is 24.8 Å². The summed E-state index contributed by atoms with van der Waals surface area (Å²) in [7, 11) is 0. The van der Waals surface area contributed by atoms with Crippen molar-refractivity contribution in [1.82, 2.24) is 28.2 Å². The number of aromatic nitrogens is 6. The molecule has 0 radical (unpaired) electrons. The van der Waals surface area contributed by atoms with E-state index < -0.39 is 0 Å². The van der Waals surface area contributed by atoms with E-state index >= 15 is 0 Å². The van der Waals surface area contributed by atoms with E-state index in [0.717, 1.165) is 39.2 Å². The molecule has 22 aromatic rings.